The van der Waals surface area contributed by atoms with Gasteiger partial charge in [-0.15, -0.1) is 0 Å². The van der Waals surface area contributed by atoms with E-state index in [-0.39, 0.29) is 12.3 Å². The van der Waals surface area contributed by atoms with E-state index in [1.807, 2.05) is 30.3 Å². The van der Waals surface area contributed by atoms with Gasteiger partial charge in [0.25, 0.3) is 5.91 Å². The van der Waals surface area contributed by atoms with Crippen molar-refractivity contribution in [3.05, 3.63) is 89.7 Å². The summed E-state index contributed by atoms with van der Waals surface area (Å²) < 4.78 is 10.9. The van der Waals surface area contributed by atoms with Crippen LogP contribution >= 0.6 is 0 Å². The van der Waals surface area contributed by atoms with E-state index in [1.54, 1.807) is 30.3 Å². The summed E-state index contributed by atoms with van der Waals surface area (Å²) in [4.78, 5) is 26.7. The molecule has 29 heavy (non-hydrogen) atoms. The van der Waals surface area contributed by atoms with Crippen LogP contribution in [0.2, 0.25) is 0 Å². The highest BCUT2D eigenvalue weighted by molar-refractivity contribution is 5.90. The lowest BCUT2D eigenvalue weighted by molar-refractivity contribution is 0.0995. The van der Waals surface area contributed by atoms with E-state index >= 15 is 0 Å². The van der Waals surface area contributed by atoms with E-state index in [1.165, 1.54) is 12.3 Å². The number of nitrogens with zero attached hydrogens (tertiary/aromatic N) is 1. The summed E-state index contributed by atoms with van der Waals surface area (Å²) >= 11 is 0. The second-order valence-corrected chi connectivity index (χ2v) is 6.23. The molecule has 7 heteroatoms. The Bertz CT molecular complexity index is 942. The van der Waals surface area contributed by atoms with Gasteiger partial charge in [0.1, 0.15) is 23.8 Å². The molecule has 0 aliphatic heterocycles. The second-order valence-electron chi connectivity index (χ2n) is 6.23. The molecule has 1 heterocycles. The molecule has 0 atom stereocenters. The maximum absolute atomic E-state index is 11.8. The first-order valence-corrected chi connectivity index (χ1v) is 9.07. The molecule has 0 saturated heterocycles. The van der Waals surface area contributed by atoms with Crippen molar-refractivity contribution in [2.75, 3.05) is 6.54 Å². The SMILES string of the molecule is NC(=O)c1ccc(Oc2ccc(COC(=O)NCCc3ccccc3)cc2)cn1. The molecule has 2 aromatic carbocycles. The summed E-state index contributed by atoms with van der Waals surface area (Å²) in [5, 5.41) is 2.73. The number of primary amides is 1. The first kappa shape index (κ1) is 19.9. The standard InChI is InChI=1S/C22H21N3O4/c23-21(26)20-11-10-19(14-25-20)29-18-8-6-17(7-9-18)15-28-22(27)24-13-12-16-4-2-1-3-5-16/h1-11,14H,12-13,15H2,(H2,23,26)(H,24,27). The predicted octanol–water partition coefficient (Wildman–Crippen LogP) is 3.44. The predicted molar refractivity (Wildman–Crippen MR) is 108 cm³/mol. The zero-order valence-corrected chi connectivity index (χ0v) is 15.7. The largest absolute Gasteiger partial charge is 0.456 e. The number of carbonyl (C=O) groups is 2. The fourth-order valence-corrected chi connectivity index (χ4v) is 2.53. The molecule has 2 amide bonds. The lowest BCUT2D eigenvalue weighted by Crippen LogP contribution is -2.26. The number of hydrogen-bond donors (Lipinski definition) is 2. The van der Waals surface area contributed by atoms with Crippen molar-refractivity contribution >= 4 is 12.0 Å². The quantitative estimate of drug-likeness (QED) is 0.612. The minimum atomic E-state index is -0.593. The van der Waals surface area contributed by atoms with Crippen molar-refractivity contribution in [2.45, 2.75) is 13.0 Å². The fourth-order valence-electron chi connectivity index (χ4n) is 2.53. The van der Waals surface area contributed by atoms with E-state index in [4.69, 9.17) is 15.2 Å². The zero-order valence-electron chi connectivity index (χ0n) is 15.7. The van der Waals surface area contributed by atoms with Crippen molar-refractivity contribution in [1.29, 1.82) is 0 Å². The Morgan fingerprint density at radius 2 is 1.62 bits per heavy atom. The van der Waals surface area contributed by atoms with Gasteiger partial charge in [-0.25, -0.2) is 9.78 Å². The number of carbonyl (C=O) groups excluding carboxylic acids is 2. The number of amides is 2. The van der Waals surface area contributed by atoms with Gasteiger partial charge in [0.2, 0.25) is 0 Å². The Hall–Kier alpha value is -3.87. The molecule has 0 spiro atoms. The fraction of sp³-hybridized carbons (Fsp3) is 0.136. The third-order valence-corrected chi connectivity index (χ3v) is 4.04. The van der Waals surface area contributed by atoms with Gasteiger partial charge in [-0.1, -0.05) is 42.5 Å². The molecule has 7 nitrogen and oxygen atoms in total. The van der Waals surface area contributed by atoms with Crippen molar-refractivity contribution < 1.29 is 19.1 Å². The highest BCUT2D eigenvalue weighted by atomic mass is 16.5. The normalized spacial score (nSPS) is 10.2. The van der Waals surface area contributed by atoms with Crippen LogP contribution in [0.1, 0.15) is 21.6 Å². The Kier molecular flexibility index (Phi) is 6.78. The van der Waals surface area contributed by atoms with Gasteiger partial charge in [-0.2, -0.15) is 0 Å². The topological polar surface area (TPSA) is 104 Å². The van der Waals surface area contributed by atoms with E-state index in [0.717, 1.165) is 17.5 Å². The van der Waals surface area contributed by atoms with Gasteiger partial charge in [0.05, 0.1) is 6.20 Å². The summed E-state index contributed by atoms with van der Waals surface area (Å²) in [7, 11) is 0. The van der Waals surface area contributed by atoms with Crippen LogP contribution < -0.4 is 15.8 Å². The summed E-state index contributed by atoms with van der Waals surface area (Å²) in [5.41, 5.74) is 7.31. The molecule has 3 rings (SSSR count). The summed E-state index contributed by atoms with van der Waals surface area (Å²) in [6.45, 7) is 0.671. The molecule has 0 radical (unpaired) electrons. The number of nitrogens with two attached hydrogens (primary N) is 1. The maximum atomic E-state index is 11.8. The zero-order chi connectivity index (χ0) is 20.5. The van der Waals surface area contributed by atoms with Crippen molar-refractivity contribution in [3.63, 3.8) is 0 Å². The van der Waals surface area contributed by atoms with Crippen LogP contribution in [0, 0.1) is 0 Å². The number of alkyl carbamates (subject to hydrolysis) is 1. The third-order valence-electron chi connectivity index (χ3n) is 4.04. The number of ether oxygens (including phenoxy) is 2. The highest BCUT2D eigenvalue weighted by Gasteiger charge is 2.05. The summed E-state index contributed by atoms with van der Waals surface area (Å²) in [6.07, 6.45) is 1.72. The first-order chi connectivity index (χ1) is 14.1. The summed E-state index contributed by atoms with van der Waals surface area (Å²) in [5.74, 6) is 0.483. The van der Waals surface area contributed by atoms with Gasteiger partial charge in [-0.3, -0.25) is 4.79 Å². The number of rotatable bonds is 8. The highest BCUT2D eigenvalue weighted by Crippen LogP contribution is 2.21. The van der Waals surface area contributed by atoms with E-state index in [9.17, 15) is 9.59 Å². The molecular formula is C22H21N3O4. The van der Waals surface area contributed by atoms with Crippen LogP contribution in [0.3, 0.4) is 0 Å². The molecule has 3 N–H and O–H groups in total. The Morgan fingerprint density at radius 3 is 2.28 bits per heavy atom. The van der Waals surface area contributed by atoms with Crippen molar-refractivity contribution in [2.24, 2.45) is 5.73 Å². The summed E-state index contributed by atoms with van der Waals surface area (Å²) in [6, 6.07) is 20.1. The van der Waals surface area contributed by atoms with Crippen LogP contribution in [0.4, 0.5) is 4.79 Å². The molecule has 0 unspecified atom stereocenters. The lowest BCUT2D eigenvalue weighted by Gasteiger charge is -2.09. The Morgan fingerprint density at radius 1 is 0.897 bits per heavy atom. The van der Waals surface area contributed by atoms with Gasteiger partial charge in [0.15, 0.2) is 0 Å². The molecule has 148 valence electrons. The molecule has 0 saturated carbocycles. The molecule has 0 bridgehead atoms. The average Bonchev–Trinajstić information content (AvgIpc) is 2.74. The average molecular weight is 391 g/mol. The van der Waals surface area contributed by atoms with Crippen LogP contribution in [0.5, 0.6) is 11.5 Å². The van der Waals surface area contributed by atoms with Crippen LogP contribution in [0.25, 0.3) is 0 Å². The number of pyridine rings is 1. The second kappa shape index (κ2) is 9.89. The van der Waals surface area contributed by atoms with E-state index in [0.29, 0.717) is 18.0 Å². The number of aromatic nitrogens is 1. The number of nitrogens with one attached hydrogen (secondary N) is 1. The first-order valence-electron chi connectivity index (χ1n) is 9.07. The third kappa shape index (κ3) is 6.35. The molecular weight excluding hydrogens is 370 g/mol. The van der Waals surface area contributed by atoms with Crippen LogP contribution in [0.15, 0.2) is 72.9 Å². The minimum absolute atomic E-state index is 0.159. The molecule has 0 aliphatic carbocycles. The van der Waals surface area contributed by atoms with Gasteiger partial charge in [0, 0.05) is 6.54 Å². The Balaban J connectivity index is 1.41. The van der Waals surface area contributed by atoms with E-state index < -0.39 is 12.0 Å². The molecule has 3 aromatic rings. The smallest absolute Gasteiger partial charge is 0.407 e. The molecule has 0 aliphatic rings. The van der Waals surface area contributed by atoms with Crippen molar-refractivity contribution in [3.8, 4) is 11.5 Å². The monoisotopic (exact) mass is 391 g/mol. The minimum Gasteiger partial charge on any atom is -0.456 e. The molecule has 1 aromatic heterocycles. The van der Waals surface area contributed by atoms with Crippen LogP contribution in [-0.4, -0.2) is 23.5 Å². The van der Waals surface area contributed by atoms with E-state index in [2.05, 4.69) is 10.3 Å². The number of hydrogen-bond acceptors (Lipinski definition) is 5. The van der Waals surface area contributed by atoms with Gasteiger partial charge >= 0.3 is 6.09 Å². The van der Waals surface area contributed by atoms with Crippen LogP contribution in [-0.2, 0) is 17.8 Å². The molecule has 0 fully saturated rings. The Labute approximate surface area is 168 Å². The van der Waals surface area contributed by atoms with Crippen molar-refractivity contribution in [1.82, 2.24) is 10.3 Å². The van der Waals surface area contributed by atoms with Gasteiger partial charge in [-0.05, 0) is 41.8 Å². The lowest BCUT2D eigenvalue weighted by atomic mass is 10.1. The van der Waals surface area contributed by atoms with Gasteiger partial charge < -0.3 is 20.5 Å². The maximum Gasteiger partial charge on any atom is 0.407 e. The number of benzene rings is 2.